The molecule has 0 saturated carbocycles. The lowest BCUT2D eigenvalue weighted by Crippen LogP contribution is -2.50. The fourth-order valence-corrected chi connectivity index (χ4v) is 1.70. The zero-order chi connectivity index (χ0) is 15.9. The molecule has 116 valence electrons. The zero-order valence-corrected chi connectivity index (χ0v) is 12.7. The predicted octanol–water partition coefficient (Wildman–Crippen LogP) is 0.936. The van der Waals surface area contributed by atoms with E-state index in [9.17, 15) is 14.4 Å². The number of nitrogens with zero attached hydrogens (tertiary/aromatic N) is 1. The van der Waals surface area contributed by atoms with Gasteiger partial charge in [-0.1, -0.05) is 27.2 Å². The minimum Gasteiger partial charge on any atom is -0.480 e. The molecule has 7 heteroatoms. The third-order valence-electron chi connectivity index (χ3n) is 3.26. The fourth-order valence-electron chi connectivity index (χ4n) is 1.70. The highest BCUT2D eigenvalue weighted by atomic mass is 16.5. The van der Waals surface area contributed by atoms with Crippen LogP contribution in [0.4, 0.5) is 4.79 Å². The van der Waals surface area contributed by atoms with Crippen molar-refractivity contribution in [2.24, 2.45) is 11.8 Å². The first-order chi connectivity index (χ1) is 9.24. The molecule has 2 N–H and O–H groups in total. The Balaban J connectivity index is 4.57. The molecule has 0 fully saturated rings. The van der Waals surface area contributed by atoms with Crippen LogP contribution in [0, 0.1) is 11.8 Å². The van der Waals surface area contributed by atoms with Gasteiger partial charge >= 0.3 is 18.0 Å². The monoisotopic (exact) mass is 288 g/mol. The molecule has 0 rings (SSSR count). The molecule has 0 aromatic carbocycles. The highest BCUT2D eigenvalue weighted by molar-refractivity contribution is 5.83. The maximum absolute atomic E-state index is 11.9. The molecule has 0 saturated heterocycles. The van der Waals surface area contributed by atoms with Gasteiger partial charge in [0.1, 0.15) is 6.04 Å². The molecular formula is C13H24N2O5. The van der Waals surface area contributed by atoms with Gasteiger partial charge in [-0.05, 0) is 5.92 Å². The first-order valence-corrected chi connectivity index (χ1v) is 6.56. The molecule has 7 nitrogen and oxygen atoms in total. The molecule has 0 aliphatic carbocycles. The molecule has 20 heavy (non-hydrogen) atoms. The van der Waals surface area contributed by atoms with Crippen molar-refractivity contribution >= 4 is 18.0 Å². The summed E-state index contributed by atoms with van der Waals surface area (Å²) in [5, 5.41) is 11.6. The average Bonchev–Trinajstić information content (AvgIpc) is 2.41. The fraction of sp³-hybridized carbons (Fsp3) is 0.769. The number of rotatable bonds is 7. The van der Waals surface area contributed by atoms with E-state index in [1.165, 1.54) is 19.1 Å². The highest BCUT2D eigenvalue weighted by Gasteiger charge is 2.27. The lowest BCUT2D eigenvalue weighted by atomic mass is 9.99. The Bertz CT molecular complexity index is 359. The minimum absolute atomic E-state index is 0.158. The molecule has 2 amide bonds. The molecule has 3 atom stereocenters. The van der Waals surface area contributed by atoms with E-state index < -0.39 is 29.9 Å². The Morgan fingerprint density at radius 1 is 1.30 bits per heavy atom. The number of amides is 2. The maximum atomic E-state index is 11.9. The van der Waals surface area contributed by atoms with Crippen LogP contribution in [-0.2, 0) is 14.3 Å². The molecule has 0 aromatic heterocycles. The van der Waals surface area contributed by atoms with Crippen LogP contribution in [-0.4, -0.2) is 54.7 Å². The standard InChI is InChI=1S/C13H24N2O5/c1-6-8(2)10(11(16)17)14-13(19)15(4)7-9(3)12(18)20-5/h8-10H,6-7H2,1-5H3,(H,14,19)(H,16,17)/t8-,9?,10-/m0/s1. The van der Waals surface area contributed by atoms with Gasteiger partial charge < -0.3 is 20.1 Å². The van der Waals surface area contributed by atoms with Gasteiger partial charge in [0.25, 0.3) is 0 Å². The summed E-state index contributed by atoms with van der Waals surface area (Å²) in [6.45, 7) is 5.41. The number of nitrogens with one attached hydrogen (secondary N) is 1. The van der Waals surface area contributed by atoms with Gasteiger partial charge in [-0.15, -0.1) is 0 Å². The predicted molar refractivity (Wildman–Crippen MR) is 73.2 cm³/mol. The quantitative estimate of drug-likeness (QED) is 0.680. The summed E-state index contributed by atoms with van der Waals surface area (Å²) >= 11 is 0. The number of esters is 1. The van der Waals surface area contributed by atoms with Gasteiger partial charge in [-0.25, -0.2) is 9.59 Å². The molecule has 0 radical (unpaired) electrons. The summed E-state index contributed by atoms with van der Waals surface area (Å²) < 4.78 is 4.58. The Hall–Kier alpha value is -1.79. The molecule has 0 aromatic rings. The van der Waals surface area contributed by atoms with Crippen LogP contribution in [0.15, 0.2) is 0 Å². The molecule has 0 spiro atoms. The van der Waals surface area contributed by atoms with Gasteiger partial charge in [0, 0.05) is 13.6 Å². The summed E-state index contributed by atoms with van der Waals surface area (Å²) in [6.07, 6.45) is 0.638. The van der Waals surface area contributed by atoms with Crippen LogP contribution >= 0.6 is 0 Å². The van der Waals surface area contributed by atoms with Gasteiger partial charge in [0.15, 0.2) is 0 Å². The summed E-state index contributed by atoms with van der Waals surface area (Å²) in [5.74, 6) is -2.13. The summed E-state index contributed by atoms with van der Waals surface area (Å²) in [7, 11) is 2.78. The lowest BCUT2D eigenvalue weighted by molar-refractivity contribution is -0.145. The number of carbonyl (C=O) groups is 3. The first kappa shape index (κ1) is 18.2. The Morgan fingerprint density at radius 3 is 2.25 bits per heavy atom. The van der Waals surface area contributed by atoms with Crippen molar-refractivity contribution in [2.45, 2.75) is 33.2 Å². The van der Waals surface area contributed by atoms with Gasteiger partial charge in [-0.2, -0.15) is 0 Å². The van der Waals surface area contributed by atoms with E-state index in [2.05, 4.69) is 10.1 Å². The number of aliphatic carboxylic acids is 1. The Labute approximate surface area is 119 Å². The largest absolute Gasteiger partial charge is 0.480 e. The lowest BCUT2D eigenvalue weighted by Gasteiger charge is -2.25. The van der Waals surface area contributed by atoms with Gasteiger partial charge in [-0.3, -0.25) is 4.79 Å². The van der Waals surface area contributed by atoms with Crippen molar-refractivity contribution in [1.29, 1.82) is 0 Å². The SMILES string of the molecule is CC[C@H](C)[C@H](NC(=O)N(C)CC(C)C(=O)OC)C(=O)O. The van der Waals surface area contributed by atoms with Crippen molar-refractivity contribution < 1.29 is 24.2 Å². The van der Waals surface area contributed by atoms with E-state index in [0.29, 0.717) is 6.42 Å². The second kappa shape index (κ2) is 8.39. The normalized spacial score (nSPS) is 14.8. The van der Waals surface area contributed by atoms with Crippen LogP contribution in [0.2, 0.25) is 0 Å². The van der Waals surface area contributed by atoms with E-state index >= 15 is 0 Å². The van der Waals surface area contributed by atoms with E-state index in [0.717, 1.165) is 0 Å². The molecular weight excluding hydrogens is 264 g/mol. The zero-order valence-electron chi connectivity index (χ0n) is 12.7. The first-order valence-electron chi connectivity index (χ1n) is 6.56. The number of hydrogen-bond donors (Lipinski definition) is 2. The number of ether oxygens (including phenoxy) is 1. The number of carboxylic acid groups (broad SMARTS) is 1. The number of urea groups is 1. The van der Waals surface area contributed by atoms with Crippen molar-refractivity contribution in [3.05, 3.63) is 0 Å². The van der Waals surface area contributed by atoms with Crippen LogP contribution in [0.3, 0.4) is 0 Å². The second-order valence-electron chi connectivity index (χ2n) is 4.96. The average molecular weight is 288 g/mol. The van der Waals surface area contributed by atoms with Crippen molar-refractivity contribution in [1.82, 2.24) is 10.2 Å². The molecule has 0 aliphatic heterocycles. The molecule has 0 heterocycles. The topological polar surface area (TPSA) is 95.9 Å². The number of carbonyl (C=O) groups excluding carboxylic acids is 2. The second-order valence-corrected chi connectivity index (χ2v) is 4.96. The molecule has 0 aliphatic rings. The summed E-state index contributed by atoms with van der Waals surface area (Å²) in [4.78, 5) is 35.6. The van der Waals surface area contributed by atoms with E-state index in [-0.39, 0.29) is 12.5 Å². The summed E-state index contributed by atoms with van der Waals surface area (Å²) in [6, 6.07) is -1.46. The van der Waals surface area contributed by atoms with Crippen molar-refractivity contribution in [3.63, 3.8) is 0 Å². The van der Waals surface area contributed by atoms with E-state index in [4.69, 9.17) is 5.11 Å². The van der Waals surface area contributed by atoms with E-state index in [1.807, 2.05) is 6.92 Å². The third-order valence-corrected chi connectivity index (χ3v) is 3.26. The number of hydrogen-bond acceptors (Lipinski definition) is 4. The Kier molecular flexibility index (Phi) is 7.64. The molecule has 1 unspecified atom stereocenters. The van der Waals surface area contributed by atoms with Crippen LogP contribution in [0.5, 0.6) is 0 Å². The van der Waals surface area contributed by atoms with Gasteiger partial charge in [0.2, 0.25) is 0 Å². The number of methoxy groups -OCH3 is 1. The number of carboxylic acids is 1. The maximum Gasteiger partial charge on any atom is 0.326 e. The van der Waals surface area contributed by atoms with Crippen molar-refractivity contribution in [3.8, 4) is 0 Å². The van der Waals surface area contributed by atoms with Gasteiger partial charge in [0.05, 0.1) is 13.0 Å². The van der Waals surface area contributed by atoms with Crippen LogP contribution in [0.25, 0.3) is 0 Å². The highest BCUT2D eigenvalue weighted by Crippen LogP contribution is 2.09. The van der Waals surface area contributed by atoms with Crippen molar-refractivity contribution in [2.75, 3.05) is 20.7 Å². The summed E-state index contributed by atoms with van der Waals surface area (Å²) in [5.41, 5.74) is 0. The minimum atomic E-state index is -1.07. The van der Waals surface area contributed by atoms with Crippen LogP contribution < -0.4 is 5.32 Å². The third kappa shape index (κ3) is 5.46. The smallest absolute Gasteiger partial charge is 0.326 e. The molecule has 0 bridgehead atoms. The van der Waals surface area contributed by atoms with Crippen LogP contribution in [0.1, 0.15) is 27.2 Å². The van der Waals surface area contributed by atoms with E-state index in [1.54, 1.807) is 13.8 Å². The Morgan fingerprint density at radius 2 is 1.85 bits per heavy atom.